The maximum atomic E-state index is 10.1. The molecule has 0 saturated carbocycles. The second-order valence-corrected chi connectivity index (χ2v) is 3.17. The fraction of sp³-hybridized carbons (Fsp3) is 0.875. The van der Waals surface area contributed by atoms with Gasteiger partial charge >= 0.3 is 5.97 Å². The molecule has 1 fully saturated rings. The van der Waals surface area contributed by atoms with E-state index < -0.39 is 5.97 Å². The van der Waals surface area contributed by atoms with E-state index in [1.807, 2.05) is 6.92 Å². The van der Waals surface area contributed by atoms with Crippen LogP contribution in [0.15, 0.2) is 0 Å². The molecule has 0 aliphatic carbocycles. The van der Waals surface area contributed by atoms with Crippen molar-refractivity contribution in [3.8, 4) is 0 Å². The molecule has 12 heavy (non-hydrogen) atoms. The number of carboxylic acids is 1. The average Bonchev–Trinajstić information content (AvgIpc) is 2.35. The average molecular weight is 173 g/mol. The third-order valence-corrected chi connectivity index (χ3v) is 1.97. The molecule has 0 aromatic carbocycles. The van der Waals surface area contributed by atoms with E-state index in [0.29, 0.717) is 12.6 Å². The van der Waals surface area contributed by atoms with Gasteiger partial charge in [-0.2, -0.15) is 0 Å². The van der Waals surface area contributed by atoms with Gasteiger partial charge in [0.1, 0.15) is 0 Å². The summed E-state index contributed by atoms with van der Waals surface area (Å²) in [6, 6.07) is 0. The van der Waals surface area contributed by atoms with Crippen molar-refractivity contribution in [2.45, 2.75) is 32.0 Å². The Balaban J connectivity index is 2.04. The smallest absolute Gasteiger partial charge is 0.317 e. The van der Waals surface area contributed by atoms with Crippen LogP contribution < -0.4 is 5.32 Å². The highest BCUT2D eigenvalue weighted by Crippen LogP contribution is 2.17. The molecule has 0 aromatic heterocycles. The molecule has 1 heterocycles. The number of ether oxygens (including phenoxy) is 1. The van der Waals surface area contributed by atoms with Gasteiger partial charge in [0, 0.05) is 6.54 Å². The van der Waals surface area contributed by atoms with E-state index in [1.54, 1.807) is 0 Å². The molecule has 0 aromatic rings. The van der Waals surface area contributed by atoms with Gasteiger partial charge in [0.2, 0.25) is 0 Å². The third-order valence-electron chi connectivity index (χ3n) is 1.97. The van der Waals surface area contributed by atoms with Crippen molar-refractivity contribution in [1.29, 1.82) is 0 Å². The number of carboxylic acid groups (broad SMARTS) is 1. The Morgan fingerprint density at radius 1 is 1.67 bits per heavy atom. The Bertz CT molecular complexity index is 160. The van der Waals surface area contributed by atoms with E-state index in [4.69, 9.17) is 9.84 Å². The minimum atomic E-state index is -0.818. The zero-order valence-corrected chi connectivity index (χ0v) is 7.25. The molecule has 2 unspecified atom stereocenters. The molecule has 1 saturated heterocycles. The van der Waals surface area contributed by atoms with E-state index in [1.165, 1.54) is 0 Å². The van der Waals surface area contributed by atoms with E-state index in [0.717, 1.165) is 12.8 Å². The van der Waals surface area contributed by atoms with Gasteiger partial charge in [-0.25, -0.2) is 0 Å². The Morgan fingerprint density at radius 3 is 2.92 bits per heavy atom. The number of nitrogens with one attached hydrogen (secondary N) is 1. The van der Waals surface area contributed by atoms with E-state index in [9.17, 15) is 4.79 Å². The Kier molecular flexibility index (Phi) is 3.49. The molecule has 0 radical (unpaired) electrons. The number of hydrogen-bond donors (Lipinski definition) is 2. The lowest BCUT2D eigenvalue weighted by atomic mass is 10.2. The first-order chi connectivity index (χ1) is 5.68. The summed E-state index contributed by atoms with van der Waals surface area (Å²) < 4.78 is 5.49. The van der Waals surface area contributed by atoms with Gasteiger partial charge in [-0.15, -0.1) is 0 Å². The fourth-order valence-electron chi connectivity index (χ4n) is 1.38. The molecule has 1 aliphatic rings. The minimum Gasteiger partial charge on any atom is -0.480 e. The summed E-state index contributed by atoms with van der Waals surface area (Å²) in [6.45, 7) is 2.71. The molecule has 4 heteroatoms. The zero-order chi connectivity index (χ0) is 8.97. The summed E-state index contributed by atoms with van der Waals surface area (Å²) in [6.07, 6.45) is 2.66. The quantitative estimate of drug-likeness (QED) is 0.639. The molecule has 2 atom stereocenters. The van der Waals surface area contributed by atoms with Crippen LogP contribution in [0.4, 0.5) is 0 Å². The Labute approximate surface area is 71.9 Å². The van der Waals surface area contributed by atoms with E-state index >= 15 is 0 Å². The van der Waals surface area contributed by atoms with E-state index in [-0.39, 0.29) is 12.6 Å². The highest BCUT2D eigenvalue weighted by atomic mass is 16.5. The van der Waals surface area contributed by atoms with Crippen molar-refractivity contribution >= 4 is 5.97 Å². The van der Waals surface area contributed by atoms with Crippen LogP contribution in [0.25, 0.3) is 0 Å². The summed E-state index contributed by atoms with van der Waals surface area (Å²) in [5.74, 6) is -0.818. The molecule has 1 rings (SSSR count). The van der Waals surface area contributed by atoms with Crippen molar-refractivity contribution < 1.29 is 14.6 Å². The minimum absolute atomic E-state index is 0.0221. The van der Waals surface area contributed by atoms with Crippen LogP contribution in [0.2, 0.25) is 0 Å². The van der Waals surface area contributed by atoms with Crippen molar-refractivity contribution in [2.24, 2.45) is 0 Å². The lowest BCUT2D eigenvalue weighted by Gasteiger charge is -2.10. The van der Waals surface area contributed by atoms with Crippen LogP contribution in [0.3, 0.4) is 0 Å². The number of hydrogen-bond acceptors (Lipinski definition) is 3. The largest absolute Gasteiger partial charge is 0.480 e. The normalized spacial score (nSPS) is 29.1. The molecule has 0 bridgehead atoms. The van der Waals surface area contributed by atoms with Crippen molar-refractivity contribution in [1.82, 2.24) is 5.32 Å². The van der Waals surface area contributed by atoms with Gasteiger partial charge in [0.05, 0.1) is 18.8 Å². The van der Waals surface area contributed by atoms with Gasteiger partial charge in [-0.1, -0.05) is 0 Å². The molecular formula is C8H15NO3. The molecular weight excluding hydrogens is 158 g/mol. The maximum absolute atomic E-state index is 10.1. The van der Waals surface area contributed by atoms with E-state index in [2.05, 4.69) is 5.32 Å². The van der Waals surface area contributed by atoms with Crippen LogP contribution in [0.1, 0.15) is 19.8 Å². The highest BCUT2D eigenvalue weighted by molar-refractivity contribution is 5.68. The van der Waals surface area contributed by atoms with Gasteiger partial charge in [-0.3, -0.25) is 4.79 Å². The summed E-state index contributed by atoms with van der Waals surface area (Å²) in [4.78, 5) is 10.1. The molecule has 4 nitrogen and oxygen atoms in total. The topological polar surface area (TPSA) is 58.6 Å². The van der Waals surface area contributed by atoms with Crippen molar-refractivity contribution in [3.05, 3.63) is 0 Å². The van der Waals surface area contributed by atoms with Gasteiger partial charge < -0.3 is 15.2 Å². The second-order valence-electron chi connectivity index (χ2n) is 3.17. The lowest BCUT2D eigenvalue weighted by Crippen LogP contribution is -2.31. The fourth-order valence-corrected chi connectivity index (χ4v) is 1.38. The lowest BCUT2D eigenvalue weighted by molar-refractivity contribution is -0.136. The predicted octanol–water partition coefficient (Wildman–Crippen LogP) is 0.228. The van der Waals surface area contributed by atoms with Crippen LogP contribution in [-0.4, -0.2) is 36.4 Å². The maximum Gasteiger partial charge on any atom is 0.317 e. The second kappa shape index (κ2) is 4.42. The Hall–Kier alpha value is -0.610. The monoisotopic (exact) mass is 173 g/mol. The standard InChI is InChI=1S/C8H15NO3/c1-6-2-3-7(12-6)4-9-5-8(10)11/h6-7,9H,2-5H2,1H3,(H,10,11). The van der Waals surface area contributed by atoms with Gasteiger partial charge in [-0.05, 0) is 19.8 Å². The van der Waals surface area contributed by atoms with Gasteiger partial charge in [0.25, 0.3) is 0 Å². The highest BCUT2D eigenvalue weighted by Gasteiger charge is 2.20. The number of rotatable bonds is 4. The first-order valence-electron chi connectivity index (χ1n) is 4.26. The third kappa shape index (κ3) is 3.19. The van der Waals surface area contributed by atoms with Crippen LogP contribution >= 0.6 is 0 Å². The molecule has 70 valence electrons. The van der Waals surface area contributed by atoms with Gasteiger partial charge in [0.15, 0.2) is 0 Å². The number of aliphatic carboxylic acids is 1. The van der Waals surface area contributed by atoms with Crippen LogP contribution in [-0.2, 0) is 9.53 Å². The van der Waals surface area contributed by atoms with Crippen LogP contribution in [0, 0.1) is 0 Å². The molecule has 0 amide bonds. The molecule has 1 aliphatic heterocycles. The first kappa shape index (κ1) is 9.48. The van der Waals surface area contributed by atoms with Crippen molar-refractivity contribution in [2.75, 3.05) is 13.1 Å². The molecule has 2 N–H and O–H groups in total. The van der Waals surface area contributed by atoms with Crippen molar-refractivity contribution in [3.63, 3.8) is 0 Å². The Morgan fingerprint density at radius 2 is 2.42 bits per heavy atom. The summed E-state index contributed by atoms with van der Waals surface area (Å²) in [5.41, 5.74) is 0. The first-order valence-corrected chi connectivity index (χ1v) is 4.26. The zero-order valence-electron chi connectivity index (χ0n) is 7.25. The summed E-state index contributed by atoms with van der Waals surface area (Å²) in [5, 5.41) is 11.2. The summed E-state index contributed by atoms with van der Waals surface area (Å²) in [7, 11) is 0. The number of carbonyl (C=O) groups is 1. The SMILES string of the molecule is CC1CCC(CNCC(=O)O)O1. The van der Waals surface area contributed by atoms with Crippen LogP contribution in [0.5, 0.6) is 0 Å². The summed E-state index contributed by atoms with van der Waals surface area (Å²) >= 11 is 0. The predicted molar refractivity (Wildman–Crippen MR) is 44.1 cm³/mol. The molecule has 0 spiro atoms.